The van der Waals surface area contributed by atoms with E-state index in [1.165, 1.54) is 6.08 Å². The summed E-state index contributed by atoms with van der Waals surface area (Å²) in [5.41, 5.74) is 9.72. The van der Waals surface area contributed by atoms with Gasteiger partial charge in [0.25, 0.3) is 0 Å². The number of sulfone groups is 1. The van der Waals surface area contributed by atoms with Crippen molar-refractivity contribution in [2.45, 2.75) is 29.4 Å². The second-order valence-corrected chi connectivity index (χ2v) is 6.84. The van der Waals surface area contributed by atoms with E-state index in [1.54, 1.807) is 0 Å². The largest absolute Gasteiger partial charge is 0.369 e. The fourth-order valence-electron chi connectivity index (χ4n) is 2.04. The lowest BCUT2D eigenvalue weighted by Crippen LogP contribution is -2.45. The highest BCUT2D eigenvalue weighted by molar-refractivity contribution is 7.94. The van der Waals surface area contributed by atoms with Crippen LogP contribution in [0.2, 0.25) is 0 Å². The standard InChI is InChI=1S/C9H14N2O3S.ClH/c1-2-8(7(10)12)5-9(8,11)15(13,14)6-3-4-6;/h2,6H,1,3-5,11H2,(H2,10,12);1H. The van der Waals surface area contributed by atoms with Crippen molar-refractivity contribution in [1.29, 1.82) is 0 Å². The maximum absolute atomic E-state index is 12.0. The minimum Gasteiger partial charge on any atom is -0.369 e. The smallest absolute Gasteiger partial charge is 0.230 e. The van der Waals surface area contributed by atoms with Gasteiger partial charge in [0.1, 0.15) is 10.3 Å². The lowest BCUT2D eigenvalue weighted by molar-refractivity contribution is -0.121. The summed E-state index contributed by atoms with van der Waals surface area (Å²) in [5.74, 6) is -0.704. The molecule has 2 aliphatic carbocycles. The number of nitrogens with two attached hydrogens (primary N) is 2. The van der Waals surface area contributed by atoms with Gasteiger partial charge in [-0.2, -0.15) is 0 Å². The van der Waals surface area contributed by atoms with E-state index >= 15 is 0 Å². The van der Waals surface area contributed by atoms with Gasteiger partial charge in [-0.3, -0.25) is 4.79 Å². The summed E-state index contributed by atoms with van der Waals surface area (Å²) in [6.45, 7) is 3.46. The average Bonchev–Trinajstić information content (AvgIpc) is 2.97. The van der Waals surface area contributed by atoms with Gasteiger partial charge in [0, 0.05) is 6.42 Å². The maximum Gasteiger partial charge on any atom is 0.230 e. The van der Waals surface area contributed by atoms with Crippen molar-refractivity contribution in [3.63, 3.8) is 0 Å². The molecule has 0 aromatic rings. The number of primary amides is 1. The van der Waals surface area contributed by atoms with E-state index in [1.807, 2.05) is 0 Å². The molecule has 1 amide bonds. The first-order valence-electron chi connectivity index (χ1n) is 4.78. The highest BCUT2D eigenvalue weighted by atomic mass is 35.5. The number of rotatable bonds is 4. The van der Waals surface area contributed by atoms with Crippen LogP contribution in [0, 0.1) is 5.41 Å². The first-order chi connectivity index (χ1) is 6.82. The Bertz CT molecular complexity index is 446. The molecule has 0 aromatic carbocycles. The van der Waals surface area contributed by atoms with E-state index in [2.05, 4.69) is 6.58 Å². The van der Waals surface area contributed by atoms with Gasteiger partial charge in [-0.1, -0.05) is 6.08 Å². The van der Waals surface area contributed by atoms with Gasteiger partial charge in [0.15, 0.2) is 9.84 Å². The summed E-state index contributed by atoms with van der Waals surface area (Å²) in [5, 5.41) is -0.385. The van der Waals surface area contributed by atoms with Crippen molar-refractivity contribution in [3.8, 4) is 0 Å². The molecule has 2 aliphatic rings. The fourth-order valence-corrected chi connectivity index (χ4v) is 4.51. The molecular weight excluding hydrogens is 252 g/mol. The number of halogens is 1. The Balaban J connectivity index is 0.00000128. The predicted octanol–water partition coefficient (Wildman–Crippen LogP) is -0.298. The molecule has 92 valence electrons. The summed E-state index contributed by atoms with van der Waals surface area (Å²) in [7, 11) is -3.45. The quantitative estimate of drug-likeness (QED) is 0.682. The van der Waals surface area contributed by atoms with E-state index in [9.17, 15) is 13.2 Å². The molecule has 2 fully saturated rings. The van der Waals surface area contributed by atoms with Crippen LogP contribution in [0.5, 0.6) is 0 Å². The second kappa shape index (κ2) is 3.45. The molecule has 2 atom stereocenters. The molecule has 0 heterocycles. The summed E-state index contributed by atoms with van der Waals surface area (Å²) < 4.78 is 24.0. The van der Waals surface area contributed by atoms with Crippen LogP contribution in [0.3, 0.4) is 0 Å². The van der Waals surface area contributed by atoms with E-state index < -0.39 is 26.0 Å². The Morgan fingerprint density at radius 3 is 2.19 bits per heavy atom. The first-order valence-corrected chi connectivity index (χ1v) is 6.32. The molecule has 0 spiro atoms. The molecule has 4 N–H and O–H groups in total. The summed E-state index contributed by atoms with van der Waals surface area (Å²) >= 11 is 0. The Labute approximate surface area is 101 Å². The van der Waals surface area contributed by atoms with Crippen LogP contribution in [0.4, 0.5) is 0 Å². The predicted molar refractivity (Wildman–Crippen MR) is 62.5 cm³/mol. The van der Waals surface area contributed by atoms with Crippen molar-refractivity contribution in [2.24, 2.45) is 16.9 Å². The molecule has 0 bridgehead atoms. The van der Waals surface area contributed by atoms with E-state index in [0.717, 1.165) is 0 Å². The number of hydrogen-bond acceptors (Lipinski definition) is 4. The lowest BCUT2D eigenvalue weighted by Gasteiger charge is -2.16. The van der Waals surface area contributed by atoms with Crippen LogP contribution in [-0.2, 0) is 14.6 Å². The monoisotopic (exact) mass is 266 g/mol. The minimum atomic E-state index is -3.45. The Kier molecular flexibility index (Phi) is 2.90. The molecule has 2 saturated carbocycles. The second-order valence-electron chi connectivity index (χ2n) is 4.35. The molecule has 16 heavy (non-hydrogen) atoms. The molecular formula is C9H15ClN2O3S. The van der Waals surface area contributed by atoms with Crippen LogP contribution < -0.4 is 11.5 Å². The van der Waals surface area contributed by atoms with E-state index in [0.29, 0.717) is 12.8 Å². The SMILES string of the molecule is C=CC1(C(N)=O)CC1(N)S(=O)(=O)C1CC1.Cl. The fraction of sp³-hybridized carbons (Fsp3) is 0.667. The molecule has 7 heteroatoms. The molecule has 2 rings (SSSR count). The van der Waals surface area contributed by atoms with Gasteiger partial charge in [0.05, 0.1) is 5.25 Å². The highest BCUT2D eigenvalue weighted by Gasteiger charge is 2.76. The number of amides is 1. The van der Waals surface area contributed by atoms with E-state index in [4.69, 9.17) is 11.5 Å². The highest BCUT2D eigenvalue weighted by Crippen LogP contribution is 2.61. The Morgan fingerprint density at radius 2 is 1.94 bits per heavy atom. The van der Waals surface area contributed by atoms with Crippen molar-refractivity contribution < 1.29 is 13.2 Å². The molecule has 2 unspecified atom stereocenters. The van der Waals surface area contributed by atoms with Crippen molar-refractivity contribution in [1.82, 2.24) is 0 Å². The topological polar surface area (TPSA) is 103 Å². The van der Waals surface area contributed by atoms with Crippen molar-refractivity contribution in [2.75, 3.05) is 0 Å². The average molecular weight is 267 g/mol. The first kappa shape index (κ1) is 13.5. The molecule has 5 nitrogen and oxygen atoms in total. The number of carbonyl (C=O) groups excluding carboxylic acids is 1. The van der Waals surface area contributed by atoms with Crippen LogP contribution in [-0.4, -0.2) is 24.4 Å². The maximum atomic E-state index is 12.0. The van der Waals surface area contributed by atoms with Gasteiger partial charge >= 0.3 is 0 Å². The molecule has 0 aromatic heterocycles. The minimum absolute atomic E-state index is 0. The molecule has 0 aliphatic heterocycles. The van der Waals surface area contributed by atoms with Gasteiger partial charge < -0.3 is 11.5 Å². The van der Waals surface area contributed by atoms with Gasteiger partial charge in [-0.25, -0.2) is 8.42 Å². The van der Waals surface area contributed by atoms with Gasteiger partial charge in [0.2, 0.25) is 5.91 Å². The third kappa shape index (κ3) is 1.33. The lowest BCUT2D eigenvalue weighted by atomic mass is 10.1. The Morgan fingerprint density at radius 1 is 1.44 bits per heavy atom. The Hall–Kier alpha value is -0.590. The van der Waals surface area contributed by atoms with Gasteiger partial charge in [-0.15, -0.1) is 19.0 Å². The zero-order valence-corrected chi connectivity index (χ0v) is 10.3. The van der Waals surface area contributed by atoms with Crippen molar-refractivity contribution in [3.05, 3.63) is 12.7 Å². The normalized spacial score (nSPS) is 37.3. The van der Waals surface area contributed by atoms with E-state index in [-0.39, 0.29) is 24.1 Å². The number of hydrogen-bond donors (Lipinski definition) is 2. The summed E-state index contributed by atoms with van der Waals surface area (Å²) in [4.78, 5) is 9.72. The summed E-state index contributed by atoms with van der Waals surface area (Å²) in [6.07, 6.45) is 2.60. The summed E-state index contributed by atoms with van der Waals surface area (Å²) in [6, 6.07) is 0. The van der Waals surface area contributed by atoms with Crippen LogP contribution in [0.1, 0.15) is 19.3 Å². The third-order valence-corrected chi connectivity index (χ3v) is 6.30. The van der Waals surface area contributed by atoms with Crippen LogP contribution in [0.25, 0.3) is 0 Å². The molecule has 0 radical (unpaired) electrons. The zero-order valence-electron chi connectivity index (χ0n) is 8.68. The zero-order chi connectivity index (χ0) is 11.5. The van der Waals surface area contributed by atoms with Crippen molar-refractivity contribution >= 4 is 28.2 Å². The van der Waals surface area contributed by atoms with Gasteiger partial charge in [-0.05, 0) is 12.8 Å². The number of carbonyl (C=O) groups is 1. The third-order valence-electron chi connectivity index (χ3n) is 3.43. The van der Waals surface area contributed by atoms with Crippen LogP contribution >= 0.6 is 12.4 Å². The van der Waals surface area contributed by atoms with Crippen LogP contribution in [0.15, 0.2) is 12.7 Å². The molecule has 0 saturated heterocycles.